The van der Waals surface area contributed by atoms with Gasteiger partial charge in [0.1, 0.15) is 0 Å². The van der Waals surface area contributed by atoms with Crippen LogP contribution in [0.25, 0.3) is 0 Å². The van der Waals surface area contributed by atoms with Crippen LogP contribution in [0.5, 0.6) is 0 Å². The Bertz CT molecular complexity index is 291. The number of anilines is 1. The molecule has 0 amide bonds. The topological polar surface area (TPSA) is 16.1 Å². The highest BCUT2D eigenvalue weighted by molar-refractivity contribution is 9.10. The van der Waals surface area contributed by atoms with Crippen molar-refractivity contribution in [3.05, 3.63) is 22.9 Å². The normalized spacial score (nSPS) is 10.6. The molecular weight excluding hydrogens is 263 g/mol. The van der Waals surface area contributed by atoms with E-state index < -0.39 is 0 Å². The van der Waals surface area contributed by atoms with E-state index in [0.717, 1.165) is 16.7 Å². The molecule has 14 heavy (non-hydrogen) atoms. The van der Waals surface area contributed by atoms with Crippen molar-refractivity contribution in [2.24, 2.45) is 0 Å². The number of halogens is 2. The Morgan fingerprint density at radius 2 is 2.29 bits per heavy atom. The fourth-order valence-electron chi connectivity index (χ4n) is 1.35. The Morgan fingerprint density at radius 3 is 2.79 bits per heavy atom. The Labute approximate surface area is 98.4 Å². The van der Waals surface area contributed by atoms with Gasteiger partial charge in [0.05, 0.1) is 10.2 Å². The van der Waals surface area contributed by atoms with Crippen molar-refractivity contribution in [3.8, 4) is 0 Å². The molecule has 0 radical (unpaired) electrons. The lowest BCUT2D eigenvalue weighted by Crippen LogP contribution is -2.32. The van der Waals surface area contributed by atoms with Crippen LogP contribution in [0.15, 0.2) is 22.9 Å². The Kier molecular flexibility index (Phi) is 4.69. The average Bonchev–Trinajstić information content (AvgIpc) is 2.15. The molecule has 0 fully saturated rings. The maximum atomic E-state index is 5.77. The van der Waals surface area contributed by atoms with Gasteiger partial charge in [-0.25, -0.2) is 0 Å². The molecule has 0 unspecified atom stereocenters. The third-order valence-electron chi connectivity index (χ3n) is 2.01. The molecule has 0 bridgehead atoms. The Morgan fingerprint density at radius 1 is 1.57 bits per heavy atom. The van der Waals surface area contributed by atoms with Gasteiger partial charge < -0.3 is 4.90 Å². The zero-order chi connectivity index (χ0) is 10.6. The molecule has 1 heterocycles. The summed E-state index contributed by atoms with van der Waals surface area (Å²) in [5.74, 6) is 0.632. The minimum atomic E-state index is 0.437. The first-order valence-electron chi connectivity index (χ1n) is 4.59. The lowest BCUT2D eigenvalue weighted by Gasteiger charge is -2.28. The van der Waals surface area contributed by atoms with Crippen LogP contribution >= 0.6 is 27.5 Å². The smallest absolute Gasteiger partial charge is 0.0592 e. The second kappa shape index (κ2) is 5.56. The number of hydrogen-bond donors (Lipinski definition) is 0. The van der Waals surface area contributed by atoms with Crippen molar-refractivity contribution in [1.82, 2.24) is 4.98 Å². The van der Waals surface area contributed by atoms with Crippen LogP contribution in [0.4, 0.5) is 5.69 Å². The summed E-state index contributed by atoms with van der Waals surface area (Å²) in [6, 6.07) is 2.43. The first kappa shape index (κ1) is 11.8. The molecule has 1 rings (SSSR count). The number of nitrogens with zero attached hydrogens (tertiary/aromatic N) is 2. The number of hydrogen-bond acceptors (Lipinski definition) is 2. The van der Waals surface area contributed by atoms with Gasteiger partial charge in [-0.15, -0.1) is 11.6 Å². The molecule has 4 heteroatoms. The van der Waals surface area contributed by atoms with Crippen molar-refractivity contribution in [1.29, 1.82) is 0 Å². The van der Waals surface area contributed by atoms with E-state index in [2.05, 4.69) is 39.7 Å². The second-order valence-corrected chi connectivity index (χ2v) is 4.54. The first-order valence-corrected chi connectivity index (χ1v) is 5.91. The van der Waals surface area contributed by atoms with Crippen LogP contribution in [0.3, 0.4) is 0 Å². The molecule has 0 aromatic carbocycles. The summed E-state index contributed by atoms with van der Waals surface area (Å²) < 4.78 is 1.01. The number of pyridine rings is 1. The van der Waals surface area contributed by atoms with E-state index in [1.54, 1.807) is 12.4 Å². The highest BCUT2D eigenvalue weighted by Crippen LogP contribution is 2.26. The van der Waals surface area contributed by atoms with Crippen molar-refractivity contribution >= 4 is 33.2 Å². The lowest BCUT2D eigenvalue weighted by atomic mass is 10.2. The monoisotopic (exact) mass is 276 g/mol. The molecule has 0 N–H and O–H groups in total. The van der Waals surface area contributed by atoms with Crippen LogP contribution in [-0.2, 0) is 0 Å². The number of rotatable bonds is 4. The van der Waals surface area contributed by atoms with Gasteiger partial charge in [0, 0.05) is 30.9 Å². The minimum absolute atomic E-state index is 0.437. The fourth-order valence-corrected chi connectivity index (χ4v) is 2.01. The van der Waals surface area contributed by atoms with Gasteiger partial charge in [-0.2, -0.15) is 0 Å². The molecule has 1 aromatic heterocycles. The van der Waals surface area contributed by atoms with Gasteiger partial charge in [0.2, 0.25) is 0 Å². The quantitative estimate of drug-likeness (QED) is 0.785. The van der Waals surface area contributed by atoms with E-state index in [1.807, 2.05) is 6.07 Å². The Hall–Kier alpha value is -0.280. The van der Waals surface area contributed by atoms with Gasteiger partial charge in [-0.3, -0.25) is 4.98 Å². The molecule has 0 atom stereocenters. The lowest BCUT2D eigenvalue weighted by molar-refractivity contribution is 0.704. The summed E-state index contributed by atoms with van der Waals surface area (Å²) >= 11 is 9.26. The molecule has 1 aromatic rings. The zero-order valence-electron chi connectivity index (χ0n) is 8.37. The van der Waals surface area contributed by atoms with E-state index in [1.165, 1.54) is 0 Å². The fraction of sp³-hybridized carbons (Fsp3) is 0.500. The van der Waals surface area contributed by atoms with Crippen LogP contribution in [0.1, 0.15) is 13.8 Å². The van der Waals surface area contributed by atoms with Gasteiger partial charge in [0.25, 0.3) is 0 Å². The second-order valence-electron chi connectivity index (χ2n) is 3.30. The molecule has 2 nitrogen and oxygen atoms in total. The third kappa shape index (κ3) is 2.85. The van der Waals surface area contributed by atoms with Gasteiger partial charge >= 0.3 is 0 Å². The molecule has 78 valence electrons. The third-order valence-corrected chi connectivity index (χ3v) is 2.79. The highest BCUT2D eigenvalue weighted by Gasteiger charge is 2.12. The summed E-state index contributed by atoms with van der Waals surface area (Å²) in [5.41, 5.74) is 1.15. The van der Waals surface area contributed by atoms with Gasteiger partial charge in [0.15, 0.2) is 0 Å². The van der Waals surface area contributed by atoms with Crippen LogP contribution < -0.4 is 4.90 Å². The molecule has 0 aliphatic rings. The summed E-state index contributed by atoms with van der Waals surface area (Å²) in [6.45, 7) is 5.15. The van der Waals surface area contributed by atoms with E-state index in [0.29, 0.717) is 11.9 Å². The maximum Gasteiger partial charge on any atom is 0.0592 e. The van der Waals surface area contributed by atoms with Crippen molar-refractivity contribution in [3.63, 3.8) is 0 Å². The molecule has 0 aliphatic heterocycles. The summed E-state index contributed by atoms with van der Waals surface area (Å²) in [7, 11) is 0. The van der Waals surface area contributed by atoms with E-state index in [4.69, 9.17) is 11.6 Å². The summed E-state index contributed by atoms with van der Waals surface area (Å²) in [4.78, 5) is 6.29. The molecule has 0 saturated carbocycles. The zero-order valence-corrected chi connectivity index (χ0v) is 10.7. The van der Waals surface area contributed by atoms with Gasteiger partial charge in [-0.1, -0.05) is 0 Å². The van der Waals surface area contributed by atoms with Crippen molar-refractivity contribution < 1.29 is 0 Å². The standard InChI is InChI=1S/C10H14BrClN2/c1-8(2)14(6-4-12)10-3-5-13-7-9(10)11/h3,5,7-8H,4,6H2,1-2H3. The predicted octanol–water partition coefficient (Wildman–Crippen LogP) is 3.30. The van der Waals surface area contributed by atoms with Crippen LogP contribution in [0.2, 0.25) is 0 Å². The van der Waals surface area contributed by atoms with Crippen molar-refractivity contribution in [2.75, 3.05) is 17.3 Å². The minimum Gasteiger partial charge on any atom is -0.367 e. The molecular formula is C10H14BrClN2. The molecule has 0 spiro atoms. The highest BCUT2D eigenvalue weighted by atomic mass is 79.9. The summed E-state index contributed by atoms with van der Waals surface area (Å²) in [6.07, 6.45) is 3.60. The Balaban J connectivity index is 2.93. The molecule has 0 saturated heterocycles. The number of alkyl halides is 1. The SMILES string of the molecule is CC(C)N(CCCl)c1ccncc1Br. The largest absolute Gasteiger partial charge is 0.367 e. The first-order chi connectivity index (χ1) is 6.66. The van der Waals surface area contributed by atoms with Crippen LogP contribution in [-0.4, -0.2) is 23.5 Å². The number of aromatic nitrogens is 1. The predicted molar refractivity (Wildman–Crippen MR) is 65.1 cm³/mol. The molecule has 0 aliphatic carbocycles. The van der Waals surface area contributed by atoms with E-state index >= 15 is 0 Å². The maximum absolute atomic E-state index is 5.77. The van der Waals surface area contributed by atoms with Crippen molar-refractivity contribution in [2.45, 2.75) is 19.9 Å². The average molecular weight is 278 g/mol. The van der Waals surface area contributed by atoms with Crippen LogP contribution in [0, 0.1) is 0 Å². The summed E-state index contributed by atoms with van der Waals surface area (Å²) in [5, 5.41) is 0. The van der Waals surface area contributed by atoms with E-state index in [9.17, 15) is 0 Å². The van der Waals surface area contributed by atoms with E-state index in [-0.39, 0.29) is 0 Å². The van der Waals surface area contributed by atoms with Gasteiger partial charge in [-0.05, 0) is 35.8 Å².